The number of hydrogen-bond acceptors (Lipinski definition) is 10. The molecule has 2 aromatic rings. The minimum atomic E-state index is -1.07. The van der Waals surface area contributed by atoms with E-state index in [0.29, 0.717) is 17.1 Å². The molecule has 6 amide bonds. The van der Waals surface area contributed by atoms with E-state index in [1.165, 1.54) is 44.5 Å². The SMILES string of the molecule is C=C(C#CC[C@H](NC(=O)CNC)C(=O)N1CSC[C@H]1C(=O)N[C@@H]1CCCc2ccccc21)C[C@H](NC(=O)[C@H](C)NC)C(=O)N1CSC[C@H]1C(=O)N[C@@H]1CCCc2ccccc21. The van der Waals surface area contributed by atoms with Gasteiger partial charge < -0.3 is 41.7 Å². The van der Waals surface area contributed by atoms with Crippen molar-refractivity contribution in [3.05, 3.63) is 82.9 Å². The first-order valence-electron chi connectivity index (χ1n) is 21.1. The molecule has 2 heterocycles. The van der Waals surface area contributed by atoms with Crippen molar-refractivity contribution in [2.24, 2.45) is 0 Å². The molecule has 14 nitrogen and oxygen atoms in total. The number of carbonyl (C=O) groups excluding carboxylic acids is 6. The average molecular weight is 871 g/mol. The monoisotopic (exact) mass is 870 g/mol. The summed E-state index contributed by atoms with van der Waals surface area (Å²) in [5, 5.41) is 17.7. The molecule has 7 atom stereocenters. The van der Waals surface area contributed by atoms with Crippen molar-refractivity contribution < 1.29 is 28.8 Å². The molecule has 0 unspecified atom stereocenters. The third kappa shape index (κ3) is 11.6. The van der Waals surface area contributed by atoms with E-state index in [1.54, 1.807) is 21.0 Å². The summed E-state index contributed by atoms with van der Waals surface area (Å²) in [6, 6.07) is 11.7. The summed E-state index contributed by atoms with van der Waals surface area (Å²) in [7, 11) is 3.27. The van der Waals surface area contributed by atoms with E-state index < -0.39 is 53.8 Å². The summed E-state index contributed by atoms with van der Waals surface area (Å²) >= 11 is 2.95. The predicted octanol–water partition coefficient (Wildman–Crippen LogP) is 2.31. The van der Waals surface area contributed by atoms with E-state index in [2.05, 4.69) is 62.5 Å². The van der Waals surface area contributed by atoms with Gasteiger partial charge in [-0.05, 0) is 87.4 Å². The number of likely N-dealkylation sites (N-methyl/N-ethyl adjacent to an activating group) is 2. The number of hydrogen-bond donors (Lipinski definition) is 6. The molecule has 0 spiro atoms. The molecule has 0 saturated carbocycles. The number of aryl methyl sites for hydroxylation is 2. The van der Waals surface area contributed by atoms with Crippen LogP contribution in [0.3, 0.4) is 0 Å². The van der Waals surface area contributed by atoms with Gasteiger partial charge in [-0.15, -0.1) is 23.5 Å². The van der Waals surface area contributed by atoms with Crippen LogP contribution in [0, 0.1) is 11.8 Å². The molecule has 2 saturated heterocycles. The Labute approximate surface area is 367 Å². The topological polar surface area (TPSA) is 181 Å². The first-order valence-corrected chi connectivity index (χ1v) is 23.4. The van der Waals surface area contributed by atoms with Gasteiger partial charge in [-0.1, -0.05) is 67.0 Å². The van der Waals surface area contributed by atoms with Crippen molar-refractivity contribution >= 4 is 59.0 Å². The molecule has 4 aliphatic rings. The lowest BCUT2D eigenvalue weighted by molar-refractivity contribution is -0.141. The Kier molecular flexibility index (Phi) is 16.3. The standard InChI is InChI=1S/C45H58N8O6S2/c1-28(22-37(51-41(55)29(2)47-4)45(59)53-27-61-25-39(53)43(57)50-35-20-11-16-31-14-6-8-18-33(31)35)12-9-21-36(48-40(54)23-46-3)44(58)52-26-60-24-38(52)42(56)49-34-19-10-15-30-13-5-7-17-32(30)34/h5-8,13-14,17-18,29,34-39,46-47H,1,10-11,15-16,19-27H2,2-4H3,(H,48,54)(H,49,56)(H,50,57)(H,51,55)/t29-,34+,35+,36-,37-,38-,39-/m0/s1. The van der Waals surface area contributed by atoms with Crippen LogP contribution in [-0.2, 0) is 41.6 Å². The van der Waals surface area contributed by atoms with Gasteiger partial charge in [0.25, 0.3) is 0 Å². The highest BCUT2D eigenvalue weighted by molar-refractivity contribution is 7.99. The van der Waals surface area contributed by atoms with Crippen LogP contribution in [0.15, 0.2) is 60.7 Å². The minimum absolute atomic E-state index is 0.0278. The maximum absolute atomic E-state index is 14.3. The number of thioether (sulfide) groups is 2. The van der Waals surface area contributed by atoms with E-state index in [-0.39, 0.29) is 55.0 Å². The first-order chi connectivity index (χ1) is 29.5. The molecular weight excluding hydrogens is 813 g/mol. The second-order valence-corrected chi connectivity index (χ2v) is 18.0. The lowest BCUT2D eigenvalue weighted by Crippen LogP contribution is -2.56. The summed E-state index contributed by atoms with van der Waals surface area (Å²) < 4.78 is 0. The molecule has 6 rings (SSSR count). The number of nitrogens with one attached hydrogen (secondary N) is 6. The number of benzene rings is 2. The van der Waals surface area contributed by atoms with Gasteiger partial charge in [0.15, 0.2) is 0 Å². The molecule has 2 aromatic carbocycles. The highest BCUT2D eigenvalue weighted by atomic mass is 32.2. The van der Waals surface area contributed by atoms with Gasteiger partial charge in [-0.25, -0.2) is 0 Å². The van der Waals surface area contributed by atoms with Crippen molar-refractivity contribution in [1.29, 1.82) is 0 Å². The third-order valence-electron chi connectivity index (χ3n) is 11.7. The van der Waals surface area contributed by atoms with Gasteiger partial charge in [-0.3, -0.25) is 28.8 Å². The largest absolute Gasteiger partial charge is 0.347 e. The Morgan fingerprint density at radius 3 is 1.82 bits per heavy atom. The first kappa shape index (κ1) is 45.7. The minimum Gasteiger partial charge on any atom is -0.347 e. The molecule has 16 heteroatoms. The lowest BCUT2D eigenvalue weighted by Gasteiger charge is -2.31. The highest BCUT2D eigenvalue weighted by Crippen LogP contribution is 2.32. The van der Waals surface area contributed by atoms with Crippen LogP contribution in [0.25, 0.3) is 0 Å². The lowest BCUT2D eigenvalue weighted by atomic mass is 9.87. The Balaban J connectivity index is 1.13. The number of fused-ring (bicyclic) bond motifs is 2. The van der Waals surface area contributed by atoms with Crippen molar-refractivity contribution in [2.45, 2.75) is 101 Å². The van der Waals surface area contributed by atoms with Crippen LogP contribution in [-0.4, -0.2) is 119 Å². The Hall–Kier alpha value is -4.82. The number of carbonyl (C=O) groups is 6. The third-order valence-corrected chi connectivity index (χ3v) is 13.8. The van der Waals surface area contributed by atoms with Crippen molar-refractivity contribution in [3.8, 4) is 11.8 Å². The molecular formula is C45H58N8O6S2. The van der Waals surface area contributed by atoms with Gasteiger partial charge in [0.2, 0.25) is 35.4 Å². The quantitative estimate of drug-likeness (QED) is 0.146. The van der Waals surface area contributed by atoms with Crippen LogP contribution in [0.1, 0.15) is 79.8 Å². The summed E-state index contributed by atoms with van der Waals surface area (Å²) in [6.07, 6.45) is 5.32. The van der Waals surface area contributed by atoms with Gasteiger partial charge in [-0.2, -0.15) is 0 Å². The van der Waals surface area contributed by atoms with E-state index in [4.69, 9.17) is 0 Å². The fourth-order valence-corrected chi connectivity index (χ4v) is 10.6. The van der Waals surface area contributed by atoms with Crippen LogP contribution in [0.5, 0.6) is 0 Å². The summed E-state index contributed by atoms with van der Waals surface area (Å²) in [4.78, 5) is 84.9. The summed E-state index contributed by atoms with van der Waals surface area (Å²) in [6.45, 7) is 5.75. The highest BCUT2D eigenvalue weighted by Gasteiger charge is 2.41. The zero-order chi connectivity index (χ0) is 43.5. The van der Waals surface area contributed by atoms with Gasteiger partial charge >= 0.3 is 0 Å². The zero-order valence-corrected chi connectivity index (χ0v) is 36.9. The van der Waals surface area contributed by atoms with Crippen LogP contribution in [0.4, 0.5) is 0 Å². The molecule has 0 bridgehead atoms. The average Bonchev–Trinajstić information content (AvgIpc) is 3.97. The van der Waals surface area contributed by atoms with Gasteiger partial charge in [0.1, 0.15) is 24.2 Å². The molecule has 326 valence electrons. The second-order valence-electron chi connectivity index (χ2n) is 16.0. The Morgan fingerprint density at radius 2 is 1.30 bits per heavy atom. The normalized spacial score (nSPS) is 22.0. The van der Waals surface area contributed by atoms with E-state index >= 15 is 0 Å². The van der Waals surface area contributed by atoms with Gasteiger partial charge in [0, 0.05) is 24.3 Å². The molecule has 2 fully saturated rings. The molecule has 2 aliphatic carbocycles. The molecule has 61 heavy (non-hydrogen) atoms. The molecule has 6 N–H and O–H groups in total. The maximum atomic E-state index is 14.3. The van der Waals surface area contributed by atoms with Crippen molar-refractivity contribution in [2.75, 3.05) is 43.9 Å². The second kappa shape index (κ2) is 21.8. The molecule has 0 aromatic heterocycles. The fourth-order valence-electron chi connectivity index (χ4n) is 8.31. The number of nitrogens with zero attached hydrogens (tertiary/aromatic N) is 2. The van der Waals surface area contributed by atoms with Crippen LogP contribution >= 0.6 is 23.5 Å². The molecule has 2 aliphatic heterocycles. The van der Waals surface area contributed by atoms with E-state index in [1.807, 2.05) is 36.4 Å². The summed E-state index contributed by atoms with van der Waals surface area (Å²) in [5.41, 5.74) is 4.95. The van der Waals surface area contributed by atoms with E-state index in [9.17, 15) is 28.8 Å². The van der Waals surface area contributed by atoms with Crippen LogP contribution in [0.2, 0.25) is 0 Å². The van der Waals surface area contributed by atoms with Crippen molar-refractivity contribution in [1.82, 2.24) is 41.7 Å². The molecule has 0 radical (unpaired) electrons. The van der Waals surface area contributed by atoms with Crippen molar-refractivity contribution in [3.63, 3.8) is 0 Å². The fraction of sp³-hybridized carbons (Fsp3) is 0.511. The number of rotatable bonds is 15. The number of amides is 6. The summed E-state index contributed by atoms with van der Waals surface area (Å²) in [5.74, 6) is 5.22. The maximum Gasteiger partial charge on any atom is 0.247 e. The zero-order valence-electron chi connectivity index (χ0n) is 35.2. The van der Waals surface area contributed by atoms with Crippen LogP contribution < -0.4 is 31.9 Å². The smallest absolute Gasteiger partial charge is 0.247 e. The van der Waals surface area contributed by atoms with Gasteiger partial charge in [0.05, 0.1) is 36.4 Å². The Morgan fingerprint density at radius 1 is 0.770 bits per heavy atom. The predicted molar refractivity (Wildman–Crippen MR) is 239 cm³/mol. The Bertz CT molecular complexity index is 2040. The van der Waals surface area contributed by atoms with E-state index in [0.717, 1.165) is 49.7 Å².